The first-order valence-electron chi connectivity index (χ1n) is 6.39. The Morgan fingerprint density at radius 1 is 1.10 bits per heavy atom. The number of fused-ring (bicyclic) bond motifs is 1. The number of carbonyl (C=O) groups excluding carboxylic acids is 1. The number of hydrogen-bond acceptors (Lipinski definition) is 4. The smallest absolute Gasteiger partial charge is 0.257 e. The van der Waals surface area contributed by atoms with Gasteiger partial charge in [-0.05, 0) is 30.3 Å². The quantitative estimate of drug-likeness (QED) is 0.832. The molecule has 0 saturated heterocycles. The van der Waals surface area contributed by atoms with Gasteiger partial charge in [0.1, 0.15) is 19.0 Å². The van der Waals surface area contributed by atoms with Crippen molar-refractivity contribution >= 4 is 17.3 Å². The highest BCUT2D eigenvalue weighted by molar-refractivity contribution is 6.07. The molecule has 3 rings (SSSR count). The van der Waals surface area contributed by atoms with Gasteiger partial charge in [-0.2, -0.15) is 0 Å². The number of nitrogen functional groups attached to an aromatic ring is 1. The highest BCUT2D eigenvalue weighted by Gasteiger charge is 2.15. The second kappa shape index (κ2) is 5.32. The van der Waals surface area contributed by atoms with Gasteiger partial charge in [-0.25, -0.2) is 4.39 Å². The van der Waals surface area contributed by atoms with E-state index in [1.165, 1.54) is 12.1 Å². The summed E-state index contributed by atoms with van der Waals surface area (Å²) in [4.78, 5) is 12.1. The topological polar surface area (TPSA) is 73.6 Å². The van der Waals surface area contributed by atoms with Crippen molar-refractivity contribution < 1.29 is 18.7 Å². The van der Waals surface area contributed by atoms with Crippen LogP contribution >= 0.6 is 0 Å². The maximum absolute atomic E-state index is 13.2. The Morgan fingerprint density at radius 3 is 2.67 bits per heavy atom. The predicted molar refractivity (Wildman–Crippen MR) is 76.2 cm³/mol. The molecule has 0 saturated carbocycles. The number of anilines is 2. The number of carbonyl (C=O) groups is 1. The van der Waals surface area contributed by atoms with Crippen LogP contribution in [0.1, 0.15) is 10.4 Å². The van der Waals surface area contributed by atoms with E-state index in [2.05, 4.69) is 5.32 Å². The van der Waals surface area contributed by atoms with Gasteiger partial charge in [0.25, 0.3) is 5.91 Å². The molecule has 1 aliphatic heterocycles. The van der Waals surface area contributed by atoms with E-state index in [4.69, 9.17) is 15.2 Å². The van der Waals surface area contributed by atoms with Crippen molar-refractivity contribution in [3.05, 3.63) is 47.8 Å². The zero-order valence-electron chi connectivity index (χ0n) is 11.1. The van der Waals surface area contributed by atoms with E-state index in [0.29, 0.717) is 30.4 Å². The first-order valence-corrected chi connectivity index (χ1v) is 6.39. The number of rotatable bonds is 2. The summed E-state index contributed by atoms with van der Waals surface area (Å²) in [5, 5.41) is 2.66. The van der Waals surface area contributed by atoms with Crippen LogP contribution in [0.2, 0.25) is 0 Å². The highest BCUT2D eigenvalue weighted by Crippen LogP contribution is 2.32. The van der Waals surface area contributed by atoms with E-state index >= 15 is 0 Å². The Bertz CT molecular complexity index is 703. The zero-order valence-corrected chi connectivity index (χ0v) is 11.1. The molecule has 6 heteroatoms. The summed E-state index contributed by atoms with van der Waals surface area (Å²) in [6.07, 6.45) is 0. The molecule has 2 aromatic rings. The summed E-state index contributed by atoms with van der Waals surface area (Å²) in [5.74, 6) is 0.191. The zero-order chi connectivity index (χ0) is 14.8. The molecule has 108 valence electrons. The van der Waals surface area contributed by atoms with E-state index in [1.54, 1.807) is 18.2 Å². The molecule has 0 aliphatic carbocycles. The first kappa shape index (κ1) is 13.2. The van der Waals surface area contributed by atoms with Crippen molar-refractivity contribution in [1.29, 1.82) is 0 Å². The largest absolute Gasteiger partial charge is 0.486 e. The third kappa shape index (κ3) is 2.74. The summed E-state index contributed by atoms with van der Waals surface area (Å²) < 4.78 is 24.0. The Labute approximate surface area is 120 Å². The van der Waals surface area contributed by atoms with Crippen molar-refractivity contribution in [2.75, 3.05) is 24.3 Å². The number of nitrogens with two attached hydrogens (primary N) is 1. The summed E-state index contributed by atoms with van der Waals surface area (Å²) in [6.45, 7) is 0.958. The average Bonchev–Trinajstić information content (AvgIpc) is 2.49. The van der Waals surface area contributed by atoms with Crippen LogP contribution in [-0.4, -0.2) is 19.1 Å². The summed E-state index contributed by atoms with van der Waals surface area (Å²) in [7, 11) is 0. The molecule has 0 radical (unpaired) electrons. The monoisotopic (exact) mass is 288 g/mol. The van der Waals surface area contributed by atoms with Gasteiger partial charge in [0, 0.05) is 17.4 Å². The Hall–Kier alpha value is -2.76. The van der Waals surface area contributed by atoms with E-state index in [0.717, 1.165) is 6.07 Å². The van der Waals surface area contributed by atoms with E-state index in [9.17, 15) is 9.18 Å². The average molecular weight is 288 g/mol. The number of amides is 1. The number of halogens is 1. The van der Waals surface area contributed by atoms with Crippen LogP contribution in [0.3, 0.4) is 0 Å². The molecular weight excluding hydrogens is 275 g/mol. The Kier molecular flexibility index (Phi) is 3.35. The lowest BCUT2D eigenvalue weighted by Gasteiger charge is -2.19. The second-order valence-electron chi connectivity index (χ2n) is 4.54. The van der Waals surface area contributed by atoms with Crippen LogP contribution in [0.4, 0.5) is 15.8 Å². The van der Waals surface area contributed by atoms with Gasteiger partial charge in [0.15, 0.2) is 11.5 Å². The number of hydrogen-bond donors (Lipinski definition) is 2. The van der Waals surface area contributed by atoms with Gasteiger partial charge in [-0.1, -0.05) is 0 Å². The molecule has 1 amide bonds. The minimum atomic E-state index is -0.517. The molecule has 1 aliphatic rings. The summed E-state index contributed by atoms with van der Waals surface area (Å²) >= 11 is 0. The molecule has 0 bridgehead atoms. The SMILES string of the molecule is Nc1ccc(F)cc1C(=O)Nc1ccc2c(c1)OCCO2. The van der Waals surface area contributed by atoms with Gasteiger partial charge in [0.2, 0.25) is 0 Å². The lowest BCUT2D eigenvalue weighted by Crippen LogP contribution is -2.17. The highest BCUT2D eigenvalue weighted by atomic mass is 19.1. The van der Waals surface area contributed by atoms with Crippen LogP contribution < -0.4 is 20.5 Å². The van der Waals surface area contributed by atoms with Crippen LogP contribution in [0.15, 0.2) is 36.4 Å². The van der Waals surface area contributed by atoms with Gasteiger partial charge in [0.05, 0.1) is 5.56 Å². The molecule has 3 N–H and O–H groups in total. The molecule has 0 unspecified atom stereocenters. The number of ether oxygens (including phenoxy) is 2. The van der Waals surface area contributed by atoms with E-state index in [-0.39, 0.29) is 11.3 Å². The minimum Gasteiger partial charge on any atom is -0.486 e. The van der Waals surface area contributed by atoms with E-state index in [1.807, 2.05) is 0 Å². The predicted octanol–water partition coefficient (Wildman–Crippen LogP) is 2.43. The maximum Gasteiger partial charge on any atom is 0.257 e. The fraction of sp³-hybridized carbons (Fsp3) is 0.133. The molecule has 5 nitrogen and oxygen atoms in total. The van der Waals surface area contributed by atoms with E-state index < -0.39 is 11.7 Å². The molecule has 0 spiro atoms. The molecule has 0 aromatic heterocycles. The van der Waals surface area contributed by atoms with Gasteiger partial charge in [-0.15, -0.1) is 0 Å². The van der Waals surface area contributed by atoms with Crippen molar-refractivity contribution in [3.8, 4) is 11.5 Å². The van der Waals surface area contributed by atoms with Crippen molar-refractivity contribution in [3.63, 3.8) is 0 Å². The first-order chi connectivity index (χ1) is 10.1. The second-order valence-corrected chi connectivity index (χ2v) is 4.54. The van der Waals surface area contributed by atoms with Gasteiger partial charge >= 0.3 is 0 Å². The van der Waals surface area contributed by atoms with Crippen molar-refractivity contribution in [2.45, 2.75) is 0 Å². The van der Waals surface area contributed by atoms with Crippen molar-refractivity contribution in [1.82, 2.24) is 0 Å². The molecular formula is C15H13FN2O3. The normalized spacial score (nSPS) is 12.8. The fourth-order valence-corrected chi connectivity index (χ4v) is 2.04. The Balaban J connectivity index is 1.83. The molecule has 1 heterocycles. The molecule has 0 atom stereocenters. The van der Waals surface area contributed by atoms with Crippen LogP contribution in [0.5, 0.6) is 11.5 Å². The molecule has 2 aromatic carbocycles. The number of benzene rings is 2. The van der Waals surface area contributed by atoms with Gasteiger partial charge < -0.3 is 20.5 Å². The Morgan fingerprint density at radius 2 is 1.86 bits per heavy atom. The van der Waals surface area contributed by atoms with Crippen LogP contribution in [0, 0.1) is 5.82 Å². The van der Waals surface area contributed by atoms with Crippen LogP contribution in [-0.2, 0) is 0 Å². The third-order valence-corrected chi connectivity index (χ3v) is 3.06. The summed E-state index contributed by atoms with van der Waals surface area (Å²) in [5.41, 5.74) is 6.51. The number of nitrogens with one attached hydrogen (secondary N) is 1. The minimum absolute atomic E-state index is 0.0879. The lowest BCUT2D eigenvalue weighted by atomic mass is 10.1. The third-order valence-electron chi connectivity index (χ3n) is 3.06. The van der Waals surface area contributed by atoms with Crippen molar-refractivity contribution in [2.24, 2.45) is 0 Å². The van der Waals surface area contributed by atoms with Gasteiger partial charge in [-0.3, -0.25) is 4.79 Å². The fourth-order valence-electron chi connectivity index (χ4n) is 2.04. The standard InChI is InChI=1S/C15H13FN2O3/c16-9-1-3-12(17)11(7-9)15(19)18-10-2-4-13-14(8-10)21-6-5-20-13/h1-4,7-8H,5-6,17H2,(H,18,19). The van der Waals surface area contributed by atoms with Crippen LogP contribution in [0.25, 0.3) is 0 Å². The summed E-state index contributed by atoms with van der Waals surface area (Å²) in [6, 6.07) is 8.70. The molecule has 21 heavy (non-hydrogen) atoms. The lowest BCUT2D eigenvalue weighted by molar-refractivity contribution is 0.102. The molecule has 0 fully saturated rings. The maximum atomic E-state index is 13.2.